The normalized spacial score (nSPS) is 9.95. The molecule has 0 radical (unpaired) electrons. The molecule has 21 heavy (non-hydrogen) atoms. The predicted molar refractivity (Wildman–Crippen MR) is 72.5 cm³/mol. The molecule has 0 spiro atoms. The van der Waals surface area contributed by atoms with Crippen LogP contribution >= 0.6 is 0 Å². The summed E-state index contributed by atoms with van der Waals surface area (Å²) in [6, 6.07) is 3.79. The molecular weight excluding hydrogens is 280 g/mol. The Bertz CT molecular complexity index is 735. The van der Waals surface area contributed by atoms with Crippen molar-refractivity contribution in [1.29, 1.82) is 0 Å². The van der Waals surface area contributed by atoms with Crippen molar-refractivity contribution in [3.8, 4) is 5.75 Å². The van der Waals surface area contributed by atoms with Gasteiger partial charge < -0.3 is 15.0 Å². The van der Waals surface area contributed by atoms with Crippen LogP contribution in [0.4, 0.5) is 11.4 Å². The second-order valence-electron chi connectivity index (χ2n) is 3.89. The zero-order chi connectivity index (χ0) is 15.4. The number of nitro groups is 1. The summed E-state index contributed by atoms with van der Waals surface area (Å²) in [5.74, 6) is -0.372. The van der Waals surface area contributed by atoms with Crippen LogP contribution in [0.3, 0.4) is 0 Å². The highest BCUT2D eigenvalue weighted by atomic mass is 16.6. The van der Waals surface area contributed by atoms with E-state index < -0.39 is 16.4 Å². The minimum absolute atomic E-state index is 0.0387. The summed E-state index contributed by atoms with van der Waals surface area (Å²) in [5, 5.41) is 13.2. The summed E-state index contributed by atoms with van der Waals surface area (Å²) in [6.07, 6.45) is 2.10. The molecule has 0 saturated heterocycles. The Morgan fingerprint density at radius 1 is 1.48 bits per heavy atom. The van der Waals surface area contributed by atoms with Crippen LogP contribution in [0.25, 0.3) is 0 Å². The quantitative estimate of drug-likeness (QED) is 0.637. The number of non-ortho nitro benzene ring substituents is 1. The van der Waals surface area contributed by atoms with E-state index >= 15 is 0 Å². The van der Waals surface area contributed by atoms with Crippen molar-refractivity contribution in [3.63, 3.8) is 0 Å². The van der Waals surface area contributed by atoms with Gasteiger partial charge >= 0.3 is 0 Å². The van der Waals surface area contributed by atoms with Gasteiger partial charge in [0.25, 0.3) is 17.2 Å². The van der Waals surface area contributed by atoms with Gasteiger partial charge in [0.15, 0.2) is 0 Å². The van der Waals surface area contributed by atoms with Crippen LogP contribution in [-0.2, 0) is 0 Å². The molecule has 2 rings (SSSR count). The Hall–Kier alpha value is -3.23. The average molecular weight is 290 g/mol. The summed E-state index contributed by atoms with van der Waals surface area (Å²) in [5.41, 5.74) is -0.548. The lowest BCUT2D eigenvalue weighted by molar-refractivity contribution is -0.384. The summed E-state index contributed by atoms with van der Waals surface area (Å²) in [6.45, 7) is 0. The summed E-state index contributed by atoms with van der Waals surface area (Å²) in [7, 11) is 1.37. The van der Waals surface area contributed by atoms with Gasteiger partial charge in [-0.15, -0.1) is 0 Å². The Labute approximate surface area is 117 Å². The van der Waals surface area contributed by atoms with Crippen molar-refractivity contribution >= 4 is 17.3 Å². The van der Waals surface area contributed by atoms with E-state index in [2.05, 4.69) is 15.3 Å². The molecule has 1 heterocycles. The molecular formula is C12H10N4O5. The Morgan fingerprint density at radius 2 is 2.24 bits per heavy atom. The van der Waals surface area contributed by atoms with Crippen LogP contribution in [0, 0.1) is 10.1 Å². The molecule has 0 unspecified atom stereocenters. The number of carbonyl (C=O) groups excluding carboxylic acids is 1. The molecule has 9 nitrogen and oxygen atoms in total. The Kier molecular flexibility index (Phi) is 3.93. The van der Waals surface area contributed by atoms with E-state index in [9.17, 15) is 19.7 Å². The van der Waals surface area contributed by atoms with Crippen LogP contribution < -0.4 is 15.6 Å². The number of carbonyl (C=O) groups is 1. The van der Waals surface area contributed by atoms with Gasteiger partial charge in [-0.05, 0) is 6.07 Å². The van der Waals surface area contributed by atoms with E-state index in [0.29, 0.717) is 0 Å². The maximum atomic E-state index is 12.0. The van der Waals surface area contributed by atoms with Gasteiger partial charge in [-0.3, -0.25) is 19.7 Å². The van der Waals surface area contributed by atoms with Gasteiger partial charge in [-0.1, -0.05) is 0 Å². The van der Waals surface area contributed by atoms with E-state index in [0.717, 1.165) is 12.4 Å². The van der Waals surface area contributed by atoms with Crippen molar-refractivity contribution in [3.05, 3.63) is 56.8 Å². The minimum Gasteiger partial charge on any atom is -0.495 e. The molecule has 2 N–H and O–H groups in total. The third-order valence-corrected chi connectivity index (χ3v) is 2.55. The van der Waals surface area contributed by atoms with Gasteiger partial charge in [0, 0.05) is 18.3 Å². The molecule has 1 aromatic heterocycles. The first-order valence-electron chi connectivity index (χ1n) is 5.70. The molecule has 0 aliphatic heterocycles. The third kappa shape index (κ3) is 3.21. The molecule has 0 aliphatic rings. The molecule has 2 aromatic rings. The number of anilines is 1. The number of ether oxygens (including phenoxy) is 1. The minimum atomic E-state index is -0.634. The zero-order valence-electron chi connectivity index (χ0n) is 10.8. The van der Waals surface area contributed by atoms with Crippen LogP contribution in [0.1, 0.15) is 10.5 Å². The van der Waals surface area contributed by atoms with Gasteiger partial charge in [-0.2, -0.15) is 0 Å². The van der Waals surface area contributed by atoms with E-state index in [1.165, 1.54) is 25.3 Å². The van der Waals surface area contributed by atoms with Crippen LogP contribution in [-0.4, -0.2) is 27.9 Å². The fourth-order valence-corrected chi connectivity index (χ4v) is 1.56. The molecule has 0 bridgehead atoms. The molecule has 1 aromatic carbocycles. The third-order valence-electron chi connectivity index (χ3n) is 2.55. The van der Waals surface area contributed by atoms with Crippen LogP contribution in [0.15, 0.2) is 35.4 Å². The fraction of sp³-hybridized carbons (Fsp3) is 0.0833. The maximum absolute atomic E-state index is 12.0. The SMILES string of the molecule is COc1ccc([N+](=O)[O-])cc1NC(=O)c1c[nH]c(=O)cn1. The number of nitro benzene ring substituents is 1. The number of amides is 1. The second kappa shape index (κ2) is 5.82. The van der Waals surface area contributed by atoms with Crippen molar-refractivity contribution in [1.82, 2.24) is 9.97 Å². The number of nitrogens with one attached hydrogen (secondary N) is 2. The van der Waals surface area contributed by atoms with E-state index in [1.54, 1.807) is 0 Å². The largest absolute Gasteiger partial charge is 0.495 e. The summed E-state index contributed by atoms with van der Waals surface area (Å²) >= 11 is 0. The lowest BCUT2D eigenvalue weighted by atomic mass is 10.2. The number of rotatable bonds is 4. The fourth-order valence-electron chi connectivity index (χ4n) is 1.56. The second-order valence-corrected chi connectivity index (χ2v) is 3.89. The van der Waals surface area contributed by atoms with Gasteiger partial charge in [0.2, 0.25) is 0 Å². The first kappa shape index (κ1) is 14.2. The van der Waals surface area contributed by atoms with E-state index in [-0.39, 0.29) is 22.8 Å². The monoisotopic (exact) mass is 290 g/mol. The number of benzene rings is 1. The standard InChI is InChI=1S/C12H10N4O5/c1-21-10-3-2-7(16(19)20)4-8(10)15-12(18)9-5-14-11(17)6-13-9/h2-6H,1H3,(H,14,17)(H,15,18). The molecule has 9 heteroatoms. The van der Waals surface area contributed by atoms with Crippen LogP contribution in [0.2, 0.25) is 0 Å². The number of methoxy groups -OCH3 is 1. The highest BCUT2D eigenvalue weighted by molar-refractivity contribution is 6.03. The highest BCUT2D eigenvalue weighted by Gasteiger charge is 2.15. The topological polar surface area (TPSA) is 127 Å². The number of H-pyrrole nitrogens is 1. The Morgan fingerprint density at radius 3 is 2.81 bits per heavy atom. The Balaban J connectivity index is 2.31. The zero-order valence-corrected chi connectivity index (χ0v) is 10.8. The van der Waals surface area contributed by atoms with Gasteiger partial charge in [0.1, 0.15) is 11.4 Å². The summed E-state index contributed by atoms with van der Waals surface area (Å²) in [4.78, 5) is 39.0. The lowest BCUT2D eigenvalue weighted by Gasteiger charge is -2.09. The average Bonchev–Trinajstić information content (AvgIpc) is 2.47. The number of aromatic amines is 1. The van der Waals surface area contributed by atoms with Gasteiger partial charge in [-0.25, -0.2) is 4.98 Å². The van der Waals surface area contributed by atoms with E-state index in [4.69, 9.17) is 4.74 Å². The lowest BCUT2D eigenvalue weighted by Crippen LogP contribution is -2.17. The predicted octanol–water partition coefficient (Wildman–Crippen LogP) is 0.939. The first-order chi connectivity index (χ1) is 10.0. The molecule has 0 saturated carbocycles. The van der Waals surface area contributed by atoms with Crippen molar-refractivity contribution in [2.75, 3.05) is 12.4 Å². The number of hydrogen-bond donors (Lipinski definition) is 2. The molecule has 0 aliphatic carbocycles. The highest BCUT2D eigenvalue weighted by Crippen LogP contribution is 2.29. The maximum Gasteiger partial charge on any atom is 0.275 e. The molecule has 0 atom stereocenters. The van der Waals surface area contributed by atoms with Crippen molar-refractivity contribution in [2.45, 2.75) is 0 Å². The summed E-state index contributed by atoms with van der Waals surface area (Å²) < 4.78 is 5.02. The van der Waals surface area contributed by atoms with Crippen molar-refractivity contribution in [2.24, 2.45) is 0 Å². The first-order valence-corrected chi connectivity index (χ1v) is 5.70. The molecule has 1 amide bonds. The molecule has 108 valence electrons. The van der Waals surface area contributed by atoms with Crippen molar-refractivity contribution < 1.29 is 14.5 Å². The van der Waals surface area contributed by atoms with Gasteiger partial charge in [0.05, 0.1) is 23.9 Å². The molecule has 0 fully saturated rings. The number of hydrogen-bond acceptors (Lipinski definition) is 6. The number of nitrogens with zero attached hydrogens (tertiary/aromatic N) is 2. The van der Waals surface area contributed by atoms with Crippen LogP contribution in [0.5, 0.6) is 5.75 Å². The van der Waals surface area contributed by atoms with E-state index in [1.807, 2.05) is 0 Å². The smallest absolute Gasteiger partial charge is 0.275 e. The number of aromatic nitrogens is 2.